The Morgan fingerprint density at radius 3 is 2.54 bits per heavy atom. The first-order valence-corrected chi connectivity index (χ1v) is 15.7. The number of carbonyl (C=O) groups is 1. The van der Waals surface area contributed by atoms with Crippen LogP contribution in [0.3, 0.4) is 0 Å². The summed E-state index contributed by atoms with van der Waals surface area (Å²) in [5.74, 6) is 0.749. The Labute approximate surface area is 272 Å². The fourth-order valence-corrected chi connectivity index (χ4v) is 6.43. The maximum atomic E-state index is 12.8. The summed E-state index contributed by atoms with van der Waals surface area (Å²) in [6, 6.07) is 26.7. The lowest BCUT2D eigenvalue weighted by atomic mass is 9.91. The zero-order valence-corrected chi connectivity index (χ0v) is 26.3. The molecule has 7 rings (SSSR count). The average molecular weight is 636 g/mol. The van der Waals surface area contributed by atoms with Crippen molar-refractivity contribution in [1.29, 1.82) is 0 Å². The van der Waals surface area contributed by atoms with E-state index in [0.29, 0.717) is 34.4 Å². The van der Waals surface area contributed by atoms with Gasteiger partial charge in [0.25, 0.3) is 0 Å². The summed E-state index contributed by atoms with van der Waals surface area (Å²) in [6.45, 7) is 4.72. The second kappa shape index (κ2) is 12.7. The van der Waals surface area contributed by atoms with Crippen LogP contribution in [0, 0.1) is 5.92 Å². The number of nitrogens with one attached hydrogen (secondary N) is 1. The van der Waals surface area contributed by atoms with E-state index in [1.165, 1.54) is 0 Å². The summed E-state index contributed by atoms with van der Waals surface area (Å²) >= 11 is 6.45. The van der Waals surface area contributed by atoms with E-state index < -0.39 is 6.23 Å². The van der Waals surface area contributed by atoms with Crippen molar-refractivity contribution in [3.05, 3.63) is 119 Å². The molecular formula is C36H34ClN5O4. The largest absolute Gasteiger partial charge is 0.459 e. The third-order valence-corrected chi connectivity index (χ3v) is 8.77. The molecule has 4 heterocycles. The molecule has 0 spiro atoms. The summed E-state index contributed by atoms with van der Waals surface area (Å²) in [7, 11) is 0. The van der Waals surface area contributed by atoms with Crippen LogP contribution < -0.4 is 5.32 Å². The van der Waals surface area contributed by atoms with Crippen molar-refractivity contribution < 1.29 is 19.0 Å². The zero-order valence-electron chi connectivity index (χ0n) is 25.5. The van der Waals surface area contributed by atoms with Crippen LogP contribution in [0.5, 0.6) is 0 Å². The van der Waals surface area contributed by atoms with Gasteiger partial charge in [0.15, 0.2) is 17.7 Å². The van der Waals surface area contributed by atoms with Crippen LogP contribution in [0.15, 0.2) is 91.1 Å². The molecule has 46 heavy (non-hydrogen) atoms. The third kappa shape index (κ3) is 6.26. The third-order valence-electron chi connectivity index (χ3n) is 8.41. The molecule has 4 atom stereocenters. The molecule has 9 nitrogen and oxygen atoms in total. The second-order valence-electron chi connectivity index (χ2n) is 12.2. The van der Waals surface area contributed by atoms with E-state index in [0.717, 1.165) is 22.9 Å². The number of halogens is 1. The van der Waals surface area contributed by atoms with Crippen molar-refractivity contribution in [2.75, 3.05) is 11.9 Å². The lowest BCUT2D eigenvalue weighted by molar-refractivity contribution is -0.113. The number of benzene rings is 3. The van der Waals surface area contributed by atoms with E-state index in [4.69, 9.17) is 40.9 Å². The number of anilines is 1. The van der Waals surface area contributed by atoms with E-state index in [-0.39, 0.29) is 36.3 Å². The van der Waals surface area contributed by atoms with Gasteiger partial charge in [0.2, 0.25) is 0 Å². The summed E-state index contributed by atoms with van der Waals surface area (Å²) in [4.78, 5) is 22.5. The molecule has 0 amide bonds. The summed E-state index contributed by atoms with van der Waals surface area (Å²) in [5, 5.41) is 9.63. The van der Waals surface area contributed by atoms with Crippen molar-refractivity contribution in [2.24, 2.45) is 5.92 Å². The molecule has 2 aliphatic heterocycles. The number of esters is 1. The molecule has 0 unspecified atom stereocenters. The number of fused-ring (bicyclic) bond motifs is 2. The van der Waals surface area contributed by atoms with Gasteiger partial charge in [0.1, 0.15) is 24.6 Å². The molecule has 2 aliphatic rings. The monoisotopic (exact) mass is 635 g/mol. The molecule has 2 saturated heterocycles. The van der Waals surface area contributed by atoms with Crippen LogP contribution >= 0.6 is 11.6 Å². The zero-order chi connectivity index (χ0) is 31.7. The van der Waals surface area contributed by atoms with Gasteiger partial charge in [-0.1, -0.05) is 84.4 Å². The molecule has 2 aromatic heterocycles. The summed E-state index contributed by atoms with van der Waals surface area (Å²) in [6.07, 6.45) is 5.09. The highest BCUT2D eigenvalue weighted by Gasteiger charge is 2.55. The number of aromatic nitrogens is 4. The second-order valence-corrected chi connectivity index (χ2v) is 12.6. The average Bonchev–Trinajstić information content (AvgIpc) is 3.73. The van der Waals surface area contributed by atoms with Crippen LogP contribution in [-0.4, -0.2) is 50.1 Å². The van der Waals surface area contributed by atoms with E-state index >= 15 is 0 Å². The van der Waals surface area contributed by atoms with Crippen LogP contribution in [0.4, 0.5) is 5.82 Å². The molecule has 10 heteroatoms. The van der Waals surface area contributed by atoms with Crippen molar-refractivity contribution in [1.82, 2.24) is 19.7 Å². The van der Waals surface area contributed by atoms with E-state index in [2.05, 4.69) is 19.2 Å². The minimum Gasteiger partial charge on any atom is -0.459 e. The summed E-state index contributed by atoms with van der Waals surface area (Å²) in [5.41, 5.74) is 2.70. The van der Waals surface area contributed by atoms with Crippen molar-refractivity contribution in [3.63, 3.8) is 0 Å². The minimum absolute atomic E-state index is 0.0000691. The Morgan fingerprint density at radius 1 is 1.02 bits per heavy atom. The number of nitrogens with zero attached hydrogens (tertiary/aromatic N) is 4. The first kappa shape index (κ1) is 30.1. The number of hydrogen-bond donors (Lipinski definition) is 1. The van der Waals surface area contributed by atoms with Gasteiger partial charge in [-0.15, -0.1) is 0 Å². The van der Waals surface area contributed by atoms with Gasteiger partial charge in [-0.25, -0.2) is 19.4 Å². The highest BCUT2D eigenvalue weighted by molar-refractivity contribution is 6.31. The van der Waals surface area contributed by atoms with Crippen molar-refractivity contribution in [2.45, 2.75) is 50.8 Å². The maximum absolute atomic E-state index is 12.8. The van der Waals surface area contributed by atoms with Crippen LogP contribution in [0.2, 0.25) is 5.02 Å². The quantitative estimate of drug-likeness (QED) is 0.170. The van der Waals surface area contributed by atoms with Gasteiger partial charge in [0.05, 0.1) is 22.7 Å². The smallest absolute Gasteiger partial charge is 0.338 e. The Morgan fingerprint density at radius 2 is 1.76 bits per heavy atom. The molecule has 0 saturated carbocycles. The molecule has 0 aliphatic carbocycles. The molecule has 0 radical (unpaired) electrons. The molecule has 0 bridgehead atoms. The Hall–Kier alpha value is -4.57. The first-order valence-electron chi connectivity index (χ1n) is 15.4. The summed E-state index contributed by atoms with van der Waals surface area (Å²) < 4.78 is 20.7. The Balaban J connectivity index is 1.21. The van der Waals surface area contributed by atoms with E-state index in [9.17, 15) is 4.79 Å². The Kier molecular flexibility index (Phi) is 8.29. The van der Waals surface area contributed by atoms with Gasteiger partial charge < -0.3 is 19.5 Å². The molecule has 3 aromatic carbocycles. The highest BCUT2D eigenvalue weighted by atomic mass is 35.5. The standard InChI is InChI=1S/C36H34ClN5O4/c1-36(2)19-26-29(22-44-35(43)24-13-7-4-8-14-24)45-34(31(26)46-36)42-33-27(21-39-42)32(38-20-25-15-9-10-16-28(25)37)40-30(41-33)18-17-23-11-5-3-6-12-23/h3-18,21,26,29,31,34H,19-20,22H2,1-2H3,(H,38,40,41)/b18-17+/t26-,29-,31-,34-/m1/s1. The normalized spacial score (nSPS) is 21.9. The predicted molar refractivity (Wildman–Crippen MR) is 177 cm³/mol. The molecule has 2 fully saturated rings. The first-order chi connectivity index (χ1) is 22.3. The number of hydrogen-bond acceptors (Lipinski definition) is 8. The Bertz CT molecular complexity index is 1880. The molecular weight excluding hydrogens is 602 g/mol. The molecule has 1 N–H and O–H groups in total. The van der Waals surface area contributed by atoms with Gasteiger partial charge in [-0.2, -0.15) is 5.10 Å². The predicted octanol–water partition coefficient (Wildman–Crippen LogP) is 7.20. The maximum Gasteiger partial charge on any atom is 0.338 e. The van der Waals surface area contributed by atoms with Gasteiger partial charge in [-0.3, -0.25) is 0 Å². The van der Waals surface area contributed by atoms with Gasteiger partial charge >= 0.3 is 5.97 Å². The van der Waals surface area contributed by atoms with Crippen LogP contribution in [0.1, 0.15) is 53.8 Å². The van der Waals surface area contributed by atoms with Crippen LogP contribution in [-0.2, 0) is 20.8 Å². The van der Waals surface area contributed by atoms with Crippen molar-refractivity contribution in [3.8, 4) is 0 Å². The highest BCUT2D eigenvalue weighted by Crippen LogP contribution is 2.48. The fraction of sp³-hybridized carbons (Fsp3) is 0.278. The lowest BCUT2D eigenvalue weighted by Crippen LogP contribution is -2.28. The topological polar surface area (TPSA) is 100 Å². The van der Waals surface area contributed by atoms with Gasteiger partial charge in [-0.05, 0) is 55.7 Å². The van der Waals surface area contributed by atoms with Gasteiger partial charge in [0, 0.05) is 17.5 Å². The van der Waals surface area contributed by atoms with E-state index in [1.54, 1.807) is 23.0 Å². The number of carbonyl (C=O) groups excluding carboxylic acids is 1. The molecule has 234 valence electrons. The lowest BCUT2D eigenvalue weighted by Gasteiger charge is -2.25. The van der Waals surface area contributed by atoms with Crippen molar-refractivity contribution >= 4 is 46.6 Å². The van der Waals surface area contributed by atoms with Crippen LogP contribution in [0.25, 0.3) is 23.2 Å². The number of ether oxygens (including phenoxy) is 3. The van der Waals surface area contributed by atoms with E-state index in [1.807, 2.05) is 84.9 Å². The number of rotatable bonds is 9. The minimum atomic E-state index is -0.582. The SMILES string of the molecule is CC1(C)C[C@H]2[C@@H](O1)[C@H](n1ncc3c(NCc4ccccc4Cl)nc(/C=C/c4ccccc4)nc31)O[C@@H]2COC(=O)c1ccccc1. The fourth-order valence-electron chi connectivity index (χ4n) is 6.23. The molecule has 5 aromatic rings.